The molecule has 2 aliphatic carbocycles. The Hall–Kier alpha value is -1.06. The van der Waals surface area contributed by atoms with Gasteiger partial charge < -0.3 is 9.64 Å². The molecule has 0 N–H and O–H groups in total. The second kappa shape index (κ2) is 3.97. The quantitative estimate of drug-likeness (QED) is 0.731. The van der Waals surface area contributed by atoms with Gasteiger partial charge in [0, 0.05) is 13.1 Å². The maximum atomic E-state index is 12.3. The highest BCUT2D eigenvalue weighted by Gasteiger charge is 2.75. The van der Waals surface area contributed by atoms with Crippen LogP contribution < -0.4 is 0 Å². The third kappa shape index (κ3) is 1.87. The van der Waals surface area contributed by atoms with Crippen LogP contribution >= 0.6 is 0 Å². The molecule has 4 nitrogen and oxygen atoms in total. The summed E-state index contributed by atoms with van der Waals surface area (Å²) in [4.78, 5) is 26.2. The van der Waals surface area contributed by atoms with Gasteiger partial charge in [0.25, 0.3) is 0 Å². The van der Waals surface area contributed by atoms with E-state index in [2.05, 4.69) is 0 Å². The molecule has 1 amide bonds. The molecule has 1 aliphatic heterocycles. The number of carbonyl (C=O) groups is 2. The predicted octanol–water partition coefficient (Wildman–Crippen LogP) is 1.83. The monoisotopic (exact) mass is 265 g/mol. The Morgan fingerprint density at radius 3 is 2.16 bits per heavy atom. The van der Waals surface area contributed by atoms with Gasteiger partial charge in [0.1, 0.15) is 0 Å². The summed E-state index contributed by atoms with van der Waals surface area (Å²) in [6, 6.07) is 0. The molecule has 3 fully saturated rings. The standard InChI is InChI=1S/C15H23NO3/c1-14(2,13(18)19-3)10-4-6-16(7-5-10)12(17)15-8-11(15)9-15/h10-11H,4-9H2,1-3H3. The van der Waals surface area contributed by atoms with Crippen LogP contribution in [-0.4, -0.2) is 37.0 Å². The number of hydrogen-bond donors (Lipinski definition) is 0. The number of carbonyl (C=O) groups excluding carboxylic acids is 2. The molecular formula is C15H23NO3. The molecule has 2 saturated carbocycles. The van der Waals surface area contributed by atoms with Crippen molar-refractivity contribution in [2.24, 2.45) is 22.7 Å². The van der Waals surface area contributed by atoms with Crippen molar-refractivity contribution in [3.8, 4) is 0 Å². The molecule has 0 aromatic heterocycles. The van der Waals surface area contributed by atoms with E-state index < -0.39 is 5.41 Å². The molecule has 0 aromatic rings. The van der Waals surface area contributed by atoms with Crippen LogP contribution in [0, 0.1) is 22.7 Å². The summed E-state index contributed by atoms with van der Waals surface area (Å²) in [7, 11) is 1.45. The number of piperidine rings is 1. The fraction of sp³-hybridized carbons (Fsp3) is 0.867. The molecule has 0 radical (unpaired) electrons. The van der Waals surface area contributed by atoms with Crippen LogP contribution in [0.25, 0.3) is 0 Å². The van der Waals surface area contributed by atoms with E-state index in [1.165, 1.54) is 7.11 Å². The van der Waals surface area contributed by atoms with Crippen molar-refractivity contribution in [2.75, 3.05) is 20.2 Å². The fourth-order valence-electron chi connectivity index (χ4n) is 3.60. The lowest BCUT2D eigenvalue weighted by atomic mass is 9.73. The van der Waals surface area contributed by atoms with E-state index >= 15 is 0 Å². The number of esters is 1. The van der Waals surface area contributed by atoms with E-state index in [1.54, 1.807) is 0 Å². The first-order valence-corrected chi connectivity index (χ1v) is 7.29. The topological polar surface area (TPSA) is 46.6 Å². The van der Waals surface area contributed by atoms with Crippen molar-refractivity contribution in [3.63, 3.8) is 0 Å². The number of nitrogens with zero attached hydrogens (tertiary/aromatic N) is 1. The van der Waals surface area contributed by atoms with Gasteiger partial charge in [-0.2, -0.15) is 0 Å². The molecule has 3 aliphatic rings. The molecule has 0 bridgehead atoms. The van der Waals surface area contributed by atoms with E-state index in [1.807, 2.05) is 18.7 Å². The van der Waals surface area contributed by atoms with Crippen LogP contribution in [-0.2, 0) is 14.3 Å². The smallest absolute Gasteiger partial charge is 0.311 e. The lowest BCUT2D eigenvalue weighted by molar-refractivity contribution is -0.155. The Balaban J connectivity index is 1.57. The average molecular weight is 265 g/mol. The van der Waals surface area contributed by atoms with Gasteiger partial charge in [-0.3, -0.25) is 9.59 Å². The maximum Gasteiger partial charge on any atom is 0.311 e. The van der Waals surface area contributed by atoms with Gasteiger partial charge in [-0.15, -0.1) is 0 Å². The summed E-state index contributed by atoms with van der Waals surface area (Å²) < 4.78 is 4.89. The average Bonchev–Trinajstić information content (AvgIpc) is 3.26. The molecule has 3 rings (SSSR count). The van der Waals surface area contributed by atoms with Crippen LogP contribution in [0.1, 0.15) is 39.5 Å². The molecule has 0 spiro atoms. The molecule has 0 unspecified atom stereocenters. The van der Waals surface area contributed by atoms with E-state index in [0.29, 0.717) is 17.7 Å². The van der Waals surface area contributed by atoms with Crippen molar-refractivity contribution in [2.45, 2.75) is 39.5 Å². The number of hydrogen-bond acceptors (Lipinski definition) is 3. The van der Waals surface area contributed by atoms with E-state index in [4.69, 9.17) is 4.74 Å². The summed E-state index contributed by atoms with van der Waals surface area (Å²) in [5, 5.41) is 0. The predicted molar refractivity (Wildman–Crippen MR) is 70.3 cm³/mol. The normalized spacial score (nSPS) is 33.6. The minimum absolute atomic E-state index is 0.0880. The lowest BCUT2D eigenvalue weighted by Gasteiger charge is -2.39. The second-order valence-electron chi connectivity index (χ2n) is 7.04. The number of ether oxygens (including phenoxy) is 1. The van der Waals surface area contributed by atoms with Crippen molar-refractivity contribution < 1.29 is 14.3 Å². The molecule has 0 aromatic carbocycles. The molecule has 0 atom stereocenters. The zero-order chi connectivity index (χ0) is 13.8. The summed E-state index contributed by atoms with van der Waals surface area (Å²) in [5.74, 6) is 1.27. The molecule has 4 heteroatoms. The van der Waals surface area contributed by atoms with Crippen LogP contribution in [0.3, 0.4) is 0 Å². The first kappa shape index (κ1) is 12.9. The fourth-order valence-corrected chi connectivity index (χ4v) is 3.60. The van der Waals surface area contributed by atoms with Gasteiger partial charge in [-0.1, -0.05) is 0 Å². The van der Waals surface area contributed by atoms with Crippen molar-refractivity contribution in [1.82, 2.24) is 4.90 Å². The zero-order valence-electron chi connectivity index (χ0n) is 12.1. The summed E-state index contributed by atoms with van der Waals surface area (Å²) in [6.07, 6.45) is 4.07. The van der Waals surface area contributed by atoms with E-state index in [9.17, 15) is 9.59 Å². The number of likely N-dealkylation sites (tertiary alicyclic amines) is 1. The van der Waals surface area contributed by atoms with Crippen LogP contribution in [0.4, 0.5) is 0 Å². The largest absolute Gasteiger partial charge is 0.469 e. The van der Waals surface area contributed by atoms with Crippen molar-refractivity contribution in [1.29, 1.82) is 0 Å². The van der Waals surface area contributed by atoms with Crippen molar-refractivity contribution >= 4 is 11.9 Å². The van der Waals surface area contributed by atoms with Gasteiger partial charge in [-0.25, -0.2) is 0 Å². The number of amides is 1. The van der Waals surface area contributed by atoms with Crippen LogP contribution in [0.15, 0.2) is 0 Å². The van der Waals surface area contributed by atoms with Gasteiger partial charge in [0.05, 0.1) is 17.9 Å². The number of methoxy groups -OCH3 is 1. The highest BCUT2D eigenvalue weighted by Crippen LogP contribution is 2.76. The minimum Gasteiger partial charge on any atom is -0.469 e. The van der Waals surface area contributed by atoms with Gasteiger partial charge in [-0.05, 0) is 51.4 Å². The Morgan fingerprint density at radius 2 is 1.74 bits per heavy atom. The molecular weight excluding hydrogens is 242 g/mol. The third-order valence-corrected chi connectivity index (χ3v) is 5.62. The Bertz CT molecular complexity index is 415. The van der Waals surface area contributed by atoms with Gasteiger partial charge >= 0.3 is 5.97 Å². The number of fused-ring (bicyclic) bond motifs is 1. The highest BCUT2D eigenvalue weighted by atomic mass is 16.5. The Kier molecular flexibility index (Phi) is 2.70. The van der Waals surface area contributed by atoms with E-state index in [0.717, 1.165) is 38.8 Å². The lowest BCUT2D eigenvalue weighted by Crippen LogP contribution is -2.45. The minimum atomic E-state index is -0.441. The zero-order valence-corrected chi connectivity index (χ0v) is 12.1. The van der Waals surface area contributed by atoms with Crippen LogP contribution in [0.5, 0.6) is 0 Å². The third-order valence-electron chi connectivity index (χ3n) is 5.62. The molecule has 1 saturated heterocycles. The maximum absolute atomic E-state index is 12.3. The summed E-state index contributed by atoms with van der Waals surface area (Å²) in [6.45, 7) is 5.52. The first-order valence-electron chi connectivity index (χ1n) is 7.29. The molecule has 19 heavy (non-hydrogen) atoms. The van der Waals surface area contributed by atoms with Crippen molar-refractivity contribution in [3.05, 3.63) is 0 Å². The number of rotatable bonds is 3. The van der Waals surface area contributed by atoms with Gasteiger partial charge in [0.15, 0.2) is 0 Å². The highest BCUT2D eigenvalue weighted by molar-refractivity contribution is 5.90. The second-order valence-corrected chi connectivity index (χ2v) is 7.04. The Labute approximate surface area is 114 Å². The first-order chi connectivity index (χ1) is 8.91. The van der Waals surface area contributed by atoms with E-state index in [-0.39, 0.29) is 11.4 Å². The van der Waals surface area contributed by atoms with Crippen LogP contribution in [0.2, 0.25) is 0 Å². The van der Waals surface area contributed by atoms with Gasteiger partial charge in [0.2, 0.25) is 5.91 Å². The summed E-state index contributed by atoms with van der Waals surface area (Å²) in [5.41, 5.74) is -0.353. The Morgan fingerprint density at radius 1 is 1.21 bits per heavy atom. The molecule has 1 heterocycles. The molecule has 106 valence electrons. The SMILES string of the molecule is COC(=O)C(C)(C)C1CCN(C(=O)C23CC2C3)CC1. The summed E-state index contributed by atoms with van der Waals surface area (Å²) >= 11 is 0.